The van der Waals surface area contributed by atoms with Crippen molar-refractivity contribution in [2.24, 2.45) is 5.73 Å². The highest BCUT2D eigenvalue weighted by molar-refractivity contribution is 6.05. The Morgan fingerprint density at radius 2 is 1.93 bits per heavy atom. The largest absolute Gasteiger partial charge is 0.423 e. The zero-order chi connectivity index (χ0) is 20.8. The minimum Gasteiger partial charge on any atom is -0.423 e. The minimum atomic E-state index is -0.408. The first kappa shape index (κ1) is 19.4. The van der Waals surface area contributed by atoms with E-state index in [0.717, 1.165) is 19.3 Å². The Morgan fingerprint density at radius 3 is 2.67 bits per heavy atom. The Bertz CT molecular complexity index is 959. The Labute approximate surface area is 175 Å². The van der Waals surface area contributed by atoms with E-state index >= 15 is 0 Å². The number of hydrogen-bond donors (Lipinski definition) is 2. The molecule has 3 unspecified atom stereocenters. The van der Waals surface area contributed by atoms with Crippen LogP contribution in [0.15, 0.2) is 22.6 Å². The number of nitrogens with one attached hydrogen (secondary N) is 1. The van der Waals surface area contributed by atoms with Crippen molar-refractivity contribution in [2.45, 2.75) is 69.1 Å². The lowest BCUT2D eigenvalue weighted by atomic mass is 9.82. The quantitative estimate of drug-likeness (QED) is 0.798. The fourth-order valence-corrected chi connectivity index (χ4v) is 5.53. The maximum absolute atomic E-state index is 13.1. The normalized spacial score (nSPS) is 29.3. The molecule has 1 aromatic heterocycles. The highest BCUT2D eigenvalue weighted by Crippen LogP contribution is 2.33. The molecular formula is C22H29N5O3. The Kier molecular flexibility index (Phi) is 4.89. The summed E-state index contributed by atoms with van der Waals surface area (Å²) in [7, 11) is 2.21. The van der Waals surface area contributed by atoms with Crippen molar-refractivity contribution >= 4 is 28.9 Å². The number of hydrogen-bond acceptors (Lipinski definition) is 6. The van der Waals surface area contributed by atoms with E-state index in [4.69, 9.17) is 10.2 Å². The molecule has 3 fully saturated rings. The fraction of sp³-hybridized carbons (Fsp3) is 0.591. The van der Waals surface area contributed by atoms with Gasteiger partial charge in [0.1, 0.15) is 11.6 Å². The second kappa shape index (κ2) is 7.58. The molecule has 3 saturated heterocycles. The molecule has 4 heterocycles. The molecule has 5 rings (SSSR count). The zero-order valence-corrected chi connectivity index (χ0v) is 17.3. The molecule has 0 aliphatic carbocycles. The summed E-state index contributed by atoms with van der Waals surface area (Å²) in [6.45, 7) is 0.667. The molecule has 30 heavy (non-hydrogen) atoms. The zero-order valence-electron chi connectivity index (χ0n) is 17.3. The Hall–Kier alpha value is -2.61. The average Bonchev–Trinajstić information content (AvgIpc) is 3.35. The van der Waals surface area contributed by atoms with Crippen molar-refractivity contribution in [3.8, 4) is 0 Å². The van der Waals surface area contributed by atoms with Gasteiger partial charge < -0.3 is 25.3 Å². The van der Waals surface area contributed by atoms with Gasteiger partial charge in [0.15, 0.2) is 5.58 Å². The third kappa shape index (κ3) is 3.33. The summed E-state index contributed by atoms with van der Waals surface area (Å²) in [5, 5.41) is 3.25. The first-order valence-electron chi connectivity index (χ1n) is 11.0. The molecule has 3 N–H and O–H groups in total. The third-order valence-corrected chi connectivity index (χ3v) is 7.15. The molecular weight excluding hydrogens is 382 g/mol. The molecule has 3 aliphatic heterocycles. The van der Waals surface area contributed by atoms with Crippen LogP contribution in [0.3, 0.4) is 0 Å². The summed E-state index contributed by atoms with van der Waals surface area (Å²) in [5.74, 6) is -0.485. The fourth-order valence-electron chi connectivity index (χ4n) is 5.53. The number of anilines is 1. The summed E-state index contributed by atoms with van der Waals surface area (Å²) in [4.78, 5) is 33.8. The van der Waals surface area contributed by atoms with Gasteiger partial charge in [-0.15, -0.1) is 0 Å². The van der Waals surface area contributed by atoms with Crippen molar-refractivity contribution in [3.05, 3.63) is 23.8 Å². The van der Waals surface area contributed by atoms with Crippen LogP contribution in [0.5, 0.6) is 0 Å². The summed E-state index contributed by atoms with van der Waals surface area (Å²) in [6.07, 6.45) is 7.23. The topological polar surface area (TPSA) is 105 Å². The molecule has 1 aromatic carbocycles. The first-order chi connectivity index (χ1) is 14.5. The molecule has 2 amide bonds. The van der Waals surface area contributed by atoms with Gasteiger partial charge in [0.05, 0.1) is 5.56 Å². The number of oxazole rings is 1. The minimum absolute atomic E-state index is 0.110. The molecule has 0 radical (unpaired) electrons. The van der Waals surface area contributed by atoms with Crippen molar-refractivity contribution in [3.63, 3.8) is 0 Å². The molecule has 0 spiro atoms. The van der Waals surface area contributed by atoms with E-state index < -0.39 is 6.04 Å². The lowest BCUT2D eigenvalue weighted by Crippen LogP contribution is -2.55. The average molecular weight is 412 g/mol. The van der Waals surface area contributed by atoms with Crippen LogP contribution >= 0.6 is 0 Å². The van der Waals surface area contributed by atoms with E-state index in [1.54, 1.807) is 12.1 Å². The number of nitrogens with two attached hydrogens (primary N) is 1. The van der Waals surface area contributed by atoms with Gasteiger partial charge in [0.25, 0.3) is 11.9 Å². The summed E-state index contributed by atoms with van der Waals surface area (Å²) in [5.41, 5.74) is 7.13. The van der Waals surface area contributed by atoms with Gasteiger partial charge in [-0.25, -0.2) is 0 Å². The van der Waals surface area contributed by atoms with Gasteiger partial charge in [-0.1, -0.05) is 12.5 Å². The standard InChI is InChI=1S/C22H29N5O3/c1-26-14-5-2-6-15(26)12-13(11-14)24-21(29)16-7-3-9-18-19(16)25-22(30-18)27-10-4-8-17(27)20(23)28/h3,7,9,13-15,17H,2,4-6,8,10-12H2,1H3,(H2,23,28)(H,24,29). The van der Waals surface area contributed by atoms with E-state index in [-0.39, 0.29) is 17.9 Å². The molecule has 160 valence electrons. The summed E-state index contributed by atoms with van der Waals surface area (Å²) >= 11 is 0. The number of piperidine rings is 2. The number of amides is 2. The van der Waals surface area contributed by atoms with E-state index in [2.05, 4.69) is 22.2 Å². The smallest absolute Gasteiger partial charge is 0.299 e. The predicted molar refractivity (Wildman–Crippen MR) is 113 cm³/mol. The number of carbonyl (C=O) groups is 2. The van der Waals surface area contributed by atoms with Gasteiger partial charge in [-0.3, -0.25) is 9.59 Å². The second-order valence-corrected chi connectivity index (χ2v) is 8.95. The van der Waals surface area contributed by atoms with E-state index in [1.807, 2.05) is 11.0 Å². The number of nitrogens with zero attached hydrogens (tertiary/aromatic N) is 3. The second-order valence-electron chi connectivity index (χ2n) is 8.95. The van der Waals surface area contributed by atoms with Gasteiger partial charge in [0, 0.05) is 24.7 Å². The summed E-state index contributed by atoms with van der Waals surface area (Å²) < 4.78 is 5.91. The lowest BCUT2D eigenvalue weighted by molar-refractivity contribution is -0.119. The van der Waals surface area contributed by atoms with Crippen LogP contribution < -0.4 is 16.0 Å². The van der Waals surface area contributed by atoms with Crippen LogP contribution in [0.4, 0.5) is 6.01 Å². The molecule has 0 saturated carbocycles. The van der Waals surface area contributed by atoms with E-state index in [9.17, 15) is 9.59 Å². The van der Waals surface area contributed by atoms with Crippen LogP contribution in [-0.4, -0.2) is 59.5 Å². The highest BCUT2D eigenvalue weighted by Gasteiger charge is 2.37. The Morgan fingerprint density at radius 1 is 1.17 bits per heavy atom. The van der Waals surface area contributed by atoms with Crippen LogP contribution in [0.2, 0.25) is 0 Å². The number of rotatable bonds is 4. The first-order valence-corrected chi connectivity index (χ1v) is 11.0. The molecule has 2 bridgehead atoms. The van der Waals surface area contributed by atoms with E-state index in [1.165, 1.54) is 19.3 Å². The van der Waals surface area contributed by atoms with Crippen LogP contribution in [0, 0.1) is 0 Å². The molecule has 8 nitrogen and oxygen atoms in total. The third-order valence-electron chi connectivity index (χ3n) is 7.15. The number of benzene rings is 1. The molecule has 3 aliphatic rings. The van der Waals surface area contributed by atoms with Gasteiger partial charge in [-0.2, -0.15) is 4.98 Å². The number of para-hydroxylation sites is 1. The number of carbonyl (C=O) groups excluding carboxylic acids is 2. The number of primary amides is 1. The van der Waals surface area contributed by atoms with Crippen molar-refractivity contribution in [1.82, 2.24) is 15.2 Å². The van der Waals surface area contributed by atoms with Crippen molar-refractivity contribution in [1.29, 1.82) is 0 Å². The molecule has 2 aromatic rings. The van der Waals surface area contributed by atoms with Crippen molar-refractivity contribution in [2.75, 3.05) is 18.5 Å². The van der Waals surface area contributed by atoms with Gasteiger partial charge >= 0.3 is 0 Å². The number of fused-ring (bicyclic) bond motifs is 3. The highest BCUT2D eigenvalue weighted by atomic mass is 16.4. The maximum Gasteiger partial charge on any atom is 0.299 e. The van der Waals surface area contributed by atoms with Crippen molar-refractivity contribution < 1.29 is 14.0 Å². The Balaban J connectivity index is 1.37. The van der Waals surface area contributed by atoms with Crippen LogP contribution in [0.25, 0.3) is 11.1 Å². The molecule has 8 heteroatoms. The predicted octanol–water partition coefficient (Wildman–Crippen LogP) is 2.03. The summed E-state index contributed by atoms with van der Waals surface area (Å²) in [6, 6.07) is 6.65. The SMILES string of the molecule is CN1C2CCCC1CC(NC(=O)c1cccc3oc(N4CCCC4C(N)=O)nc13)C2. The van der Waals surface area contributed by atoms with Crippen LogP contribution in [0.1, 0.15) is 55.3 Å². The maximum atomic E-state index is 13.1. The monoisotopic (exact) mass is 411 g/mol. The van der Waals surface area contributed by atoms with E-state index in [0.29, 0.717) is 47.7 Å². The number of aromatic nitrogens is 1. The lowest BCUT2D eigenvalue weighted by Gasteiger charge is -2.47. The van der Waals surface area contributed by atoms with Gasteiger partial charge in [-0.05, 0) is 57.7 Å². The molecule has 3 atom stereocenters. The van der Waals surface area contributed by atoms with Crippen LogP contribution in [-0.2, 0) is 4.79 Å². The van der Waals surface area contributed by atoms with Gasteiger partial charge in [0.2, 0.25) is 5.91 Å².